The number of aromatic nitrogens is 1. The molecule has 2 aromatic heterocycles. The third kappa shape index (κ3) is 1.39. The van der Waals surface area contributed by atoms with Crippen molar-refractivity contribution in [2.75, 3.05) is 0 Å². The molecule has 2 aromatic carbocycles. The Bertz CT molecular complexity index is 877. The second-order valence-corrected chi connectivity index (χ2v) is 4.97. The summed E-state index contributed by atoms with van der Waals surface area (Å²) in [4.78, 5) is 0. The molecule has 0 spiro atoms. The van der Waals surface area contributed by atoms with Gasteiger partial charge in [-0.2, -0.15) is 4.40 Å². The van der Waals surface area contributed by atoms with Gasteiger partial charge in [0.15, 0.2) is 6.20 Å². The van der Waals surface area contributed by atoms with E-state index in [0.717, 1.165) is 0 Å². The Morgan fingerprint density at radius 2 is 1.42 bits per heavy atom. The number of rotatable bonds is 0. The highest BCUT2D eigenvalue weighted by molar-refractivity contribution is 6.10. The van der Waals surface area contributed by atoms with Crippen molar-refractivity contribution in [2.45, 2.75) is 6.92 Å². The average Bonchev–Trinajstić information content (AvgIpc) is 2.47. The fraction of sp³-hybridized carbons (Fsp3) is 0.0556. The maximum absolute atomic E-state index is 2.28. The molecule has 4 rings (SSSR count). The summed E-state index contributed by atoms with van der Waals surface area (Å²) < 4.78 is 2.28. The Morgan fingerprint density at radius 1 is 0.684 bits per heavy atom. The highest BCUT2D eigenvalue weighted by atomic mass is 14.9. The van der Waals surface area contributed by atoms with Crippen molar-refractivity contribution in [2.24, 2.45) is 0 Å². The van der Waals surface area contributed by atoms with Gasteiger partial charge in [0, 0.05) is 23.6 Å². The lowest BCUT2D eigenvalue weighted by atomic mass is 10.0. The van der Waals surface area contributed by atoms with E-state index in [9.17, 15) is 0 Å². The third-order valence-electron chi connectivity index (χ3n) is 3.84. The molecule has 0 fully saturated rings. The van der Waals surface area contributed by atoms with Gasteiger partial charge < -0.3 is 0 Å². The van der Waals surface area contributed by atoms with Crippen LogP contribution in [0.3, 0.4) is 0 Å². The van der Waals surface area contributed by atoms with E-state index in [1.165, 1.54) is 32.8 Å². The summed E-state index contributed by atoms with van der Waals surface area (Å²) in [5.41, 5.74) is 3.86. The molecule has 1 heteroatoms. The van der Waals surface area contributed by atoms with E-state index in [0.29, 0.717) is 0 Å². The van der Waals surface area contributed by atoms with E-state index in [1.54, 1.807) is 0 Å². The maximum atomic E-state index is 2.28. The lowest BCUT2D eigenvalue weighted by Crippen LogP contribution is -2.22. The van der Waals surface area contributed by atoms with E-state index in [2.05, 4.69) is 78.2 Å². The van der Waals surface area contributed by atoms with Gasteiger partial charge in [-0.1, -0.05) is 30.3 Å². The third-order valence-corrected chi connectivity index (χ3v) is 3.84. The zero-order valence-corrected chi connectivity index (χ0v) is 10.8. The lowest BCUT2D eigenvalue weighted by molar-refractivity contribution is -0.480. The van der Waals surface area contributed by atoms with Crippen molar-refractivity contribution in [3.05, 3.63) is 72.4 Å². The van der Waals surface area contributed by atoms with Crippen molar-refractivity contribution in [1.82, 2.24) is 0 Å². The predicted molar refractivity (Wildman–Crippen MR) is 79.4 cm³/mol. The Balaban J connectivity index is 2.48. The monoisotopic (exact) mass is 244 g/mol. The molecule has 0 N–H and O–H groups in total. The number of pyridine rings is 2. The van der Waals surface area contributed by atoms with Gasteiger partial charge >= 0.3 is 0 Å². The SMILES string of the molecule is Cc1cccc2c1c1ccccc1c1cccc[n+]12. The summed E-state index contributed by atoms with van der Waals surface area (Å²) in [7, 11) is 0. The second-order valence-electron chi connectivity index (χ2n) is 4.97. The fourth-order valence-corrected chi connectivity index (χ4v) is 3.00. The van der Waals surface area contributed by atoms with Crippen LogP contribution in [0.5, 0.6) is 0 Å². The van der Waals surface area contributed by atoms with Gasteiger partial charge in [-0.05, 0) is 24.6 Å². The minimum Gasteiger partial charge on any atom is -0.159 e. The second kappa shape index (κ2) is 3.79. The van der Waals surface area contributed by atoms with Crippen LogP contribution in [0.1, 0.15) is 5.56 Å². The van der Waals surface area contributed by atoms with Gasteiger partial charge in [-0.25, -0.2) is 0 Å². The first kappa shape index (κ1) is 10.5. The largest absolute Gasteiger partial charge is 0.219 e. The number of hydrogen-bond donors (Lipinski definition) is 0. The van der Waals surface area contributed by atoms with Crippen LogP contribution in [0.25, 0.3) is 27.2 Å². The molecule has 2 heterocycles. The first-order valence-corrected chi connectivity index (χ1v) is 6.57. The Hall–Kier alpha value is -2.41. The first-order chi connectivity index (χ1) is 9.36. The lowest BCUT2D eigenvalue weighted by Gasteiger charge is -2.06. The zero-order valence-electron chi connectivity index (χ0n) is 10.8. The smallest absolute Gasteiger partial charge is 0.159 e. The summed E-state index contributed by atoms with van der Waals surface area (Å²) in [6.45, 7) is 2.18. The number of benzene rings is 2. The average molecular weight is 244 g/mol. The van der Waals surface area contributed by atoms with Gasteiger partial charge in [0.25, 0.3) is 0 Å². The molecular formula is C18H14N+. The van der Waals surface area contributed by atoms with E-state index >= 15 is 0 Å². The van der Waals surface area contributed by atoms with Crippen LogP contribution in [-0.4, -0.2) is 0 Å². The minimum absolute atomic E-state index is 1.26. The van der Waals surface area contributed by atoms with Crippen molar-refractivity contribution in [3.8, 4) is 0 Å². The van der Waals surface area contributed by atoms with Crippen molar-refractivity contribution in [3.63, 3.8) is 0 Å². The topological polar surface area (TPSA) is 4.10 Å². The van der Waals surface area contributed by atoms with Crippen LogP contribution in [0, 0.1) is 6.92 Å². The van der Waals surface area contributed by atoms with Gasteiger partial charge in [0.2, 0.25) is 11.0 Å². The normalized spacial score (nSPS) is 11.4. The van der Waals surface area contributed by atoms with Crippen molar-refractivity contribution < 1.29 is 4.40 Å². The summed E-state index contributed by atoms with van der Waals surface area (Å²) in [5.74, 6) is 0. The van der Waals surface area contributed by atoms with Crippen LogP contribution >= 0.6 is 0 Å². The summed E-state index contributed by atoms with van der Waals surface area (Å²) in [6, 6.07) is 21.5. The van der Waals surface area contributed by atoms with E-state index in [-0.39, 0.29) is 0 Å². The first-order valence-electron chi connectivity index (χ1n) is 6.57. The Labute approximate surface area is 111 Å². The quantitative estimate of drug-likeness (QED) is 0.325. The van der Waals surface area contributed by atoms with Crippen LogP contribution in [0.15, 0.2) is 66.9 Å². The van der Waals surface area contributed by atoms with Gasteiger partial charge in [0.1, 0.15) is 0 Å². The van der Waals surface area contributed by atoms with Gasteiger partial charge in [0.05, 0.1) is 10.8 Å². The molecule has 0 radical (unpaired) electrons. The summed E-state index contributed by atoms with van der Waals surface area (Å²) in [5, 5.41) is 3.99. The molecule has 0 aliphatic heterocycles. The van der Waals surface area contributed by atoms with E-state index in [1.807, 2.05) is 0 Å². The van der Waals surface area contributed by atoms with Crippen LogP contribution in [-0.2, 0) is 0 Å². The number of aryl methyl sites for hydroxylation is 1. The molecule has 0 saturated heterocycles. The molecule has 0 aliphatic carbocycles. The molecule has 1 nitrogen and oxygen atoms in total. The van der Waals surface area contributed by atoms with Crippen molar-refractivity contribution >= 4 is 27.2 Å². The Kier molecular flexibility index (Phi) is 2.10. The molecule has 90 valence electrons. The molecular weight excluding hydrogens is 230 g/mol. The highest BCUT2D eigenvalue weighted by Gasteiger charge is 2.15. The minimum atomic E-state index is 1.26. The molecule has 0 amide bonds. The fourth-order valence-electron chi connectivity index (χ4n) is 3.00. The molecule has 19 heavy (non-hydrogen) atoms. The van der Waals surface area contributed by atoms with Crippen LogP contribution in [0.4, 0.5) is 0 Å². The number of nitrogens with zero attached hydrogens (tertiary/aromatic N) is 1. The highest BCUT2D eigenvalue weighted by Crippen LogP contribution is 2.27. The van der Waals surface area contributed by atoms with Crippen LogP contribution in [0.2, 0.25) is 0 Å². The standard InChI is InChI=1S/C18H14N/c1-13-7-6-11-17-18(13)15-9-3-2-8-14(15)16-10-4-5-12-19(16)17/h2-12H,1H3/q+1. The van der Waals surface area contributed by atoms with Gasteiger partial charge in [-0.15, -0.1) is 0 Å². The molecule has 0 saturated carbocycles. The molecule has 0 aliphatic rings. The molecule has 0 atom stereocenters. The summed E-state index contributed by atoms with van der Waals surface area (Å²) in [6.07, 6.45) is 2.14. The maximum Gasteiger partial charge on any atom is 0.219 e. The summed E-state index contributed by atoms with van der Waals surface area (Å²) >= 11 is 0. The van der Waals surface area contributed by atoms with E-state index in [4.69, 9.17) is 0 Å². The predicted octanol–water partition coefficient (Wildman–Crippen LogP) is 4.04. The molecule has 0 unspecified atom stereocenters. The number of hydrogen-bond acceptors (Lipinski definition) is 0. The van der Waals surface area contributed by atoms with Crippen LogP contribution < -0.4 is 4.40 Å². The molecule has 0 bridgehead atoms. The zero-order chi connectivity index (χ0) is 12.8. The van der Waals surface area contributed by atoms with Crippen molar-refractivity contribution in [1.29, 1.82) is 0 Å². The Morgan fingerprint density at radius 3 is 2.32 bits per heavy atom. The molecule has 4 aromatic rings. The van der Waals surface area contributed by atoms with Gasteiger partial charge in [-0.3, -0.25) is 0 Å². The van der Waals surface area contributed by atoms with E-state index < -0.39 is 0 Å². The number of fused-ring (bicyclic) bond motifs is 6.